The average molecular weight is 381 g/mol. The van der Waals surface area contributed by atoms with E-state index in [0.717, 1.165) is 11.3 Å². The van der Waals surface area contributed by atoms with Gasteiger partial charge in [0.25, 0.3) is 5.91 Å². The Labute approximate surface area is 161 Å². The highest BCUT2D eigenvalue weighted by atomic mass is 35.5. The second-order valence-electron chi connectivity index (χ2n) is 5.94. The van der Waals surface area contributed by atoms with Crippen LogP contribution in [-0.4, -0.2) is 21.7 Å². The summed E-state index contributed by atoms with van der Waals surface area (Å²) in [5.74, 6) is -0.116. The highest BCUT2D eigenvalue weighted by Crippen LogP contribution is 2.22. The zero-order valence-electron chi connectivity index (χ0n) is 14.8. The quantitative estimate of drug-likeness (QED) is 0.630. The van der Waals surface area contributed by atoms with Crippen molar-refractivity contribution in [2.45, 2.75) is 13.8 Å². The molecule has 0 aliphatic rings. The number of carbonyl (C=O) groups excluding carboxylic acids is 2. The number of carbonyl (C=O) groups is 2. The molecule has 1 heterocycles. The first-order valence-corrected chi connectivity index (χ1v) is 8.59. The minimum atomic E-state index is -0.376. The van der Waals surface area contributed by atoms with E-state index in [1.807, 2.05) is 13.0 Å². The van der Waals surface area contributed by atoms with Gasteiger partial charge in [0.1, 0.15) is 5.69 Å². The summed E-state index contributed by atoms with van der Waals surface area (Å²) in [5.41, 5.74) is 3.10. The average Bonchev–Trinajstić information content (AvgIpc) is 2.65. The molecule has 1 aromatic heterocycles. The molecule has 0 aliphatic carbocycles. The Morgan fingerprint density at radius 2 is 1.78 bits per heavy atom. The maximum atomic E-state index is 12.4. The van der Waals surface area contributed by atoms with Crippen molar-refractivity contribution in [1.29, 1.82) is 0 Å². The molecule has 0 saturated heterocycles. The van der Waals surface area contributed by atoms with Crippen LogP contribution in [0.15, 0.2) is 54.7 Å². The molecule has 0 spiro atoms. The number of nitrogens with one attached hydrogen (secondary N) is 2. The number of Topliss-reactive ketones (excluding diaryl/α,β-unsaturated/α-hetero) is 1. The summed E-state index contributed by atoms with van der Waals surface area (Å²) >= 11 is 6.02. The van der Waals surface area contributed by atoms with Gasteiger partial charge < -0.3 is 10.6 Å². The van der Waals surface area contributed by atoms with Gasteiger partial charge in [0, 0.05) is 28.2 Å². The van der Waals surface area contributed by atoms with E-state index in [-0.39, 0.29) is 17.4 Å². The summed E-state index contributed by atoms with van der Waals surface area (Å²) in [6.45, 7) is 3.42. The second kappa shape index (κ2) is 7.97. The van der Waals surface area contributed by atoms with E-state index in [4.69, 9.17) is 11.6 Å². The maximum absolute atomic E-state index is 12.4. The van der Waals surface area contributed by atoms with Crippen molar-refractivity contribution in [2.24, 2.45) is 0 Å². The fourth-order valence-electron chi connectivity index (χ4n) is 2.38. The van der Waals surface area contributed by atoms with E-state index < -0.39 is 0 Å². The summed E-state index contributed by atoms with van der Waals surface area (Å²) in [5, 5.41) is 6.40. The first-order chi connectivity index (χ1) is 12.9. The van der Waals surface area contributed by atoms with Gasteiger partial charge in [-0.25, -0.2) is 9.97 Å². The van der Waals surface area contributed by atoms with Crippen LogP contribution in [0.5, 0.6) is 0 Å². The zero-order chi connectivity index (χ0) is 19.4. The van der Waals surface area contributed by atoms with Crippen molar-refractivity contribution < 1.29 is 9.59 Å². The number of halogens is 1. The number of hydrogen-bond acceptors (Lipinski definition) is 5. The summed E-state index contributed by atoms with van der Waals surface area (Å²) in [6.07, 6.45) is 1.50. The predicted molar refractivity (Wildman–Crippen MR) is 106 cm³/mol. The third-order valence-corrected chi connectivity index (χ3v) is 4.12. The van der Waals surface area contributed by atoms with Crippen LogP contribution < -0.4 is 10.6 Å². The van der Waals surface area contributed by atoms with Gasteiger partial charge >= 0.3 is 0 Å². The van der Waals surface area contributed by atoms with Gasteiger partial charge in [0.15, 0.2) is 5.78 Å². The molecule has 0 fully saturated rings. The van der Waals surface area contributed by atoms with Crippen molar-refractivity contribution in [3.8, 4) is 0 Å². The zero-order valence-corrected chi connectivity index (χ0v) is 15.5. The molecule has 0 saturated carbocycles. The van der Waals surface area contributed by atoms with Crippen LogP contribution in [0.25, 0.3) is 0 Å². The lowest BCUT2D eigenvalue weighted by atomic mass is 10.1. The number of aryl methyl sites for hydroxylation is 1. The van der Waals surface area contributed by atoms with Crippen molar-refractivity contribution in [3.05, 3.63) is 76.6 Å². The van der Waals surface area contributed by atoms with E-state index in [2.05, 4.69) is 20.6 Å². The Bertz CT molecular complexity index is 1000. The molecule has 3 rings (SSSR count). The first-order valence-electron chi connectivity index (χ1n) is 8.21. The van der Waals surface area contributed by atoms with Gasteiger partial charge in [0.2, 0.25) is 5.95 Å². The van der Waals surface area contributed by atoms with Gasteiger partial charge in [-0.15, -0.1) is 0 Å². The Balaban J connectivity index is 1.75. The molecule has 3 aromatic rings. The van der Waals surface area contributed by atoms with Gasteiger partial charge in [0.05, 0.1) is 0 Å². The van der Waals surface area contributed by atoms with E-state index in [1.165, 1.54) is 19.2 Å². The number of hydrogen-bond donors (Lipinski definition) is 2. The lowest BCUT2D eigenvalue weighted by molar-refractivity contribution is 0.101. The topological polar surface area (TPSA) is 84.0 Å². The van der Waals surface area contributed by atoms with Crippen LogP contribution in [0.3, 0.4) is 0 Å². The van der Waals surface area contributed by atoms with Crippen molar-refractivity contribution in [2.75, 3.05) is 10.6 Å². The molecule has 7 heteroatoms. The Kier molecular flexibility index (Phi) is 5.47. The summed E-state index contributed by atoms with van der Waals surface area (Å²) < 4.78 is 0. The van der Waals surface area contributed by atoms with E-state index in [9.17, 15) is 9.59 Å². The number of aromatic nitrogens is 2. The molecule has 2 N–H and O–H groups in total. The molecule has 0 unspecified atom stereocenters. The third kappa shape index (κ3) is 4.68. The second-order valence-corrected chi connectivity index (χ2v) is 6.37. The van der Waals surface area contributed by atoms with Crippen LogP contribution >= 0.6 is 11.6 Å². The lowest BCUT2D eigenvalue weighted by Gasteiger charge is -2.10. The number of ketones is 1. The fraction of sp³-hybridized carbons (Fsp3) is 0.100. The van der Waals surface area contributed by atoms with Crippen molar-refractivity contribution in [1.82, 2.24) is 9.97 Å². The number of nitrogens with zero attached hydrogens (tertiary/aromatic N) is 2. The predicted octanol–water partition coefficient (Wildman–Crippen LogP) is 4.64. The minimum Gasteiger partial charge on any atom is -0.324 e. The Hall–Kier alpha value is -3.25. The van der Waals surface area contributed by atoms with Crippen LogP contribution in [0.1, 0.15) is 33.3 Å². The molecule has 27 heavy (non-hydrogen) atoms. The highest BCUT2D eigenvalue weighted by molar-refractivity contribution is 6.30. The summed E-state index contributed by atoms with van der Waals surface area (Å²) in [6, 6.07) is 13.6. The van der Waals surface area contributed by atoms with Crippen LogP contribution in [0.2, 0.25) is 5.02 Å². The molecule has 0 atom stereocenters. The summed E-state index contributed by atoms with van der Waals surface area (Å²) in [4.78, 5) is 32.1. The molecule has 1 amide bonds. The normalized spacial score (nSPS) is 10.3. The molecule has 136 valence electrons. The molecule has 0 bridgehead atoms. The van der Waals surface area contributed by atoms with E-state index >= 15 is 0 Å². The Morgan fingerprint density at radius 1 is 1.04 bits per heavy atom. The maximum Gasteiger partial charge on any atom is 0.274 e. The number of rotatable bonds is 5. The number of anilines is 3. The van der Waals surface area contributed by atoms with Crippen molar-refractivity contribution >= 4 is 40.6 Å². The highest BCUT2D eigenvalue weighted by Gasteiger charge is 2.11. The smallest absolute Gasteiger partial charge is 0.274 e. The molecule has 2 aromatic carbocycles. The number of benzene rings is 2. The van der Waals surface area contributed by atoms with Gasteiger partial charge in [-0.1, -0.05) is 17.7 Å². The van der Waals surface area contributed by atoms with Crippen molar-refractivity contribution in [3.63, 3.8) is 0 Å². The standard InChI is InChI=1S/C20H17ClN4O2/c1-12-3-6-15(21)11-18(12)25-20-22-10-9-17(24-20)19(27)23-16-7-4-14(5-8-16)13(2)26/h3-11H,1-2H3,(H,23,27)(H,22,24,25). The summed E-state index contributed by atoms with van der Waals surface area (Å²) in [7, 11) is 0. The van der Waals surface area contributed by atoms with Gasteiger partial charge in [-0.3, -0.25) is 9.59 Å². The fourth-order valence-corrected chi connectivity index (χ4v) is 2.55. The molecule has 6 nitrogen and oxygen atoms in total. The minimum absolute atomic E-state index is 0.0318. The third-order valence-electron chi connectivity index (χ3n) is 3.88. The number of amides is 1. The molecule has 0 radical (unpaired) electrons. The van der Waals surface area contributed by atoms with Crippen LogP contribution in [0.4, 0.5) is 17.3 Å². The molecular weight excluding hydrogens is 364 g/mol. The SMILES string of the molecule is CC(=O)c1ccc(NC(=O)c2ccnc(Nc3cc(Cl)ccc3C)n2)cc1. The molecule has 0 aliphatic heterocycles. The van der Waals surface area contributed by atoms with Crippen LogP contribution in [0, 0.1) is 6.92 Å². The largest absolute Gasteiger partial charge is 0.324 e. The molecular formula is C20H17ClN4O2. The lowest BCUT2D eigenvalue weighted by Crippen LogP contribution is -2.15. The van der Waals surface area contributed by atoms with Gasteiger partial charge in [-0.05, 0) is 61.9 Å². The van der Waals surface area contributed by atoms with Gasteiger partial charge in [-0.2, -0.15) is 0 Å². The first kappa shape index (κ1) is 18.5. The monoisotopic (exact) mass is 380 g/mol. The van der Waals surface area contributed by atoms with E-state index in [0.29, 0.717) is 22.2 Å². The Morgan fingerprint density at radius 3 is 2.48 bits per heavy atom. The van der Waals surface area contributed by atoms with Crippen LogP contribution in [-0.2, 0) is 0 Å². The van der Waals surface area contributed by atoms with E-state index in [1.54, 1.807) is 36.4 Å².